The number of carbonyl (C=O) groups excluding carboxylic acids is 1. The normalized spacial score (nSPS) is 13.1. The first kappa shape index (κ1) is 17.7. The van der Waals surface area contributed by atoms with E-state index in [0.717, 1.165) is 5.56 Å². The first-order valence-electron chi connectivity index (χ1n) is 7.21. The average Bonchev–Trinajstić information content (AvgIpc) is 2.43. The fourth-order valence-corrected chi connectivity index (χ4v) is 3.71. The van der Waals surface area contributed by atoms with Crippen molar-refractivity contribution >= 4 is 15.8 Å². The van der Waals surface area contributed by atoms with E-state index in [-0.39, 0.29) is 18.1 Å². The maximum absolute atomic E-state index is 11.9. The molecule has 0 amide bonds. The van der Waals surface area contributed by atoms with Crippen LogP contribution in [0.15, 0.2) is 30.3 Å². The molecule has 1 rings (SSSR count). The van der Waals surface area contributed by atoms with Gasteiger partial charge in [-0.1, -0.05) is 51.1 Å². The number of carbonyl (C=O) groups is 1. The molecule has 1 atom stereocenters. The van der Waals surface area contributed by atoms with Gasteiger partial charge in [0.15, 0.2) is 9.84 Å². The molecular formula is C16H24O4S. The Kier molecular flexibility index (Phi) is 6.89. The van der Waals surface area contributed by atoms with Gasteiger partial charge in [-0.15, -0.1) is 0 Å². The summed E-state index contributed by atoms with van der Waals surface area (Å²) in [5.74, 6) is -0.785. The SMILES string of the molecule is CC(C)CCS(=O)(=O)CC(C)C(=O)OCc1ccccc1. The zero-order valence-electron chi connectivity index (χ0n) is 12.9. The van der Waals surface area contributed by atoms with E-state index in [4.69, 9.17) is 4.74 Å². The second kappa shape index (κ2) is 8.17. The highest BCUT2D eigenvalue weighted by Gasteiger charge is 2.22. The summed E-state index contributed by atoms with van der Waals surface area (Å²) in [6, 6.07) is 9.33. The molecule has 0 aliphatic carbocycles. The first-order valence-corrected chi connectivity index (χ1v) is 9.03. The van der Waals surface area contributed by atoms with E-state index in [1.54, 1.807) is 6.92 Å². The topological polar surface area (TPSA) is 60.4 Å². The van der Waals surface area contributed by atoms with Gasteiger partial charge in [0.05, 0.1) is 17.4 Å². The van der Waals surface area contributed by atoms with Crippen LogP contribution in [-0.4, -0.2) is 25.9 Å². The number of sulfone groups is 1. The van der Waals surface area contributed by atoms with Crippen LogP contribution in [0.2, 0.25) is 0 Å². The Hall–Kier alpha value is -1.36. The minimum Gasteiger partial charge on any atom is -0.461 e. The van der Waals surface area contributed by atoms with E-state index in [1.165, 1.54) is 0 Å². The van der Waals surface area contributed by atoms with Crippen molar-refractivity contribution in [3.05, 3.63) is 35.9 Å². The maximum Gasteiger partial charge on any atom is 0.310 e. The summed E-state index contributed by atoms with van der Waals surface area (Å²) in [7, 11) is -3.20. The Morgan fingerprint density at radius 1 is 1.14 bits per heavy atom. The molecule has 5 heteroatoms. The van der Waals surface area contributed by atoms with E-state index >= 15 is 0 Å². The minimum absolute atomic E-state index is 0.126. The smallest absolute Gasteiger partial charge is 0.310 e. The molecule has 118 valence electrons. The second-order valence-corrected chi connectivity index (χ2v) is 8.02. The fourth-order valence-electron chi connectivity index (χ4n) is 1.82. The summed E-state index contributed by atoms with van der Waals surface area (Å²) in [6.07, 6.45) is 0.619. The van der Waals surface area contributed by atoms with Gasteiger partial charge in [-0.05, 0) is 17.9 Å². The largest absolute Gasteiger partial charge is 0.461 e. The molecule has 1 unspecified atom stereocenters. The van der Waals surface area contributed by atoms with Gasteiger partial charge in [-0.25, -0.2) is 8.42 Å². The van der Waals surface area contributed by atoms with Crippen LogP contribution in [0.4, 0.5) is 0 Å². The molecule has 0 spiro atoms. The molecule has 0 aliphatic heterocycles. The van der Waals surface area contributed by atoms with Crippen LogP contribution >= 0.6 is 0 Å². The third kappa shape index (κ3) is 7.27. The van der Waals surface area contributed by atoms with E-state index < -0.39 is 21.7 Å². The Labute approximate surface area is 127 Å². The van der Waals surface area contributed by atoms with Crippen LogP contribution in [0.25, 0.3) is 0 Å². The third-order valence-corrected chi connectivity index (χ3v) is 5.00. The maximum atomic E-state index is 11.9. The molecule has 21 heavy (non-hydrogen) atoms. The monoisotopic (exact) mass is 312 g/mol. The molecule has 0 N–H and O–H groups in total. The number of esters is 1. The Morgan fingerprint density at radius 2 is 1.76 bits per heavy atom. The highest BCUT2D eigenvalue weighted by molar-refractivity contribution is 7.91. The molecule has 0 fully saturated rings. The molecule has 0 radical (unpaired) electrons. The standard InChI is InChI=1S/C16H24O4S/c1-13(2)9-10-21(18,19)12-14(3)16(17)20-11-15-7-5-4-6-8-15/h4-8,13-14H,9-12H2,1-3H3. The Morgan fingerprint density at radius 3 is 2.33 bits per heavy atom. The zero-order chi connectivity index (χ0) is 15.9. The number of benzene rings is 1. The van der Waals surface area contributed by atoms with Crippen molar-refractivity contribution in [3.63, 3.8) is 0 Å². The molecule has 1 aromatic carbocycles. The molecule has 0 aliphatic rings. The minimum atomic E-state index is -3.20. The number of hydrogen-bond acceptors (Lipinski definition) is 4. The Balaban J connectivity index is 2.43. The lowest BCUT2D eigenvalue weighted by atomic mass is 10.2. The summed E-state index contributed by atoms with van der Waals surface area (Å²) in [5.41, 5.74) is 0.890. The molecule has 1 aromatic rings. The number of rotatable bonds is 8. The summed E-state index contributed by atoms with van der Waals surface area (Å²) < 4.78 is 29.0. The first-order chi connectivity index (χ1) is 9.80. The predicted octanol–water partition coefficient (Wildman–Crippen LogP) is 2.83. The molecule has 0 bridgehead atoms. The van der Waals surface area contributed by atoms with Crippen LogP contribution in [0, 0.1) is 11.8 Å². The molecule has 0 heterocycles. The molecule has 0 aromatic heterocycles. The van der Waals surface area contributed by atoms with Gasteiger partial charge in [0, 0.05) is 0 Å². The van der Waals surface area contributed by atoms with Crippen molar-refractivity contribution in [1.29, 1.82) is 0 Å². The molecule has 0 saturated heterocycles. The molecule has 4 nitrogen and oxygen atoms in total. The highest BCUT2D eigenvalue weighted by atomic mass is 32.2. The summed E-state index contributed by atoms with van der Waals surface area (Å²) in [4.78, 5) is 11.8. The van der Waals surface area contributed by atoms with Gasteiger partial charge in [-0.2, -0.15) is 0 Å². The van der Waals surface area contributed by atoms with E-state index in [1.807, 2.05) is 44.2 Å². The molecular weight excluding hydrogens is 288 g/mol. The van der Waals surface area contributed by atoms with Gasteiger partial charge in [0.1, 0.15) is 6.61 Å². The van der Waals surface area contributed by atoms with Crippen molar-refractivity contribution in [3.8, 4) is 0 Å². The number of ether oxygens (including phenoxy) is 1. The van der Waals surface area contributed by atoms with Crippen molar-refractivity contribution in [2.75, 3.05) is 11.5 Å². The van der Waals surface area contributed by atoms with Crippen molar-refractivity contribution < 1.29 is 17.9 Å². The summed E-state index contributed by atoms with van der Waals surface area (Å²) >= 11 is 0. The summed E-state index contributed by atoms with van der Waals surface area (Å²) in [6.45, 7) is 5.73. The molecule has 0 saturated carbocycles. The van der Waals surface area contributed by atoms with Gasteiger partial charge < -0.3 is 4.74 Å². The fraction of sp³-hybridized carbons (Fsp3) is 0.562. The van der Waals surface area contributed by atoms with Gasteiger partial charge in [-0.3, -0.25) is 4.79 Å². The highest BCUT2D eigenvalue weighted by Crippen LogP contribution is 2.10. The van der Waals surface area contributed by atoms with E-state index in [2.05, 4.69) is 0 Å². The van der Waals surface area contributed by atoms with Crippen LogP contribution < -0.4 is 0 Å². The Bertz CT molecular complexity index is 535. The predicted molar refractivity (Wildman–Crippen MR) is 83.5 cm³/mol. The third-order valence-electron chi connectivity index (χ3n) is 3.14. The number of hydrogen-bond donors (Lipinski definition) is 0. The van der Waals surface area contributed by atoms with Crippen molar-refractivity contribution in [2.45, 2.75) is 33.8 Å². The van der Waals surface area contributed by atoms with Crippen molar-refractivity contribution in [1.82, 2.24) is 0 Å². The van der Waals surface area contributed by atoms with Crippen LogP contribution in [0.3, 0.4) is 0 Å². The lowest BCUT2D eigenvalue weighted by Gasteiger charge is -2.12. The van der Waals surface area contributed by atoms with E-state index in [0.29, 0.717) is 12.3 Å². The van der Waals surface area contributed by atoms with Gasteiger partial charge in [0.2, 0.25) is 0 Å². The second-order valence-electron chi connectivity index (χ2n) is 5.79. The lowest BCUT2D eigenvalue weighted by molar-refractivity contribution is -0.148. The van der Waals surface area contributed by atoms with Crippen LogP contribution in [0.1, 0.15) is 32.8 Å². The van der Waals surface area contributed by atoms with Crippen molar-refractivity contribution in [2.24, 2.45) is 11.8 Å². The summed E-state index contributed by atoms with van der Waals surface area (Å²) in [5, 5.41) is 0. The van der Waals surface area contributed by atoms with Gasteiger partial charge in [0.25, 0.3) is 0 Å². The quantitative estimate of drug-likeness (QED) is 0.693. The van der Waals surface area contributed by atoms with Crippen LogP contribution in [-0.2, 0) is 26.0 Å². The average molecular weight is 312 g/mol. The van der Waals surface area contributed by atoms with E-state index in [9.17, 15) is 13.2 Å². The van der Waals surface area contributed by atoms with Crippen LogP contribution in [0.5, 0.6) is 0 Å². The van der Waals surface area contributed by atoms with Gasteiger partial charge >= 0.3 is 5.97 Å². The lowest BCUT2D eigenvalue weighted by Crippen LogP contribution is -2.25. The zero-order valence-corrected chi connectivity index (χ0v) is 13.7.